The highest BCUT2D eigenvalue weighted by atomic mass is 28.4. The topological polar surface area (TPSA) is 36.9 Å². The summed E-state index contributed by atoms with van der Waals surface area (Å²) >= 11 is 0. The lowest BCUT2D eigenvalue weighted by Gasteiger charge is -2.26. The Kier molecular flexibility index (Phi) is 5.77. The highest BCUT2D eigenvalue weighted by Crippen LogP contribution is 2.14. The first-order chi connectivity index (χ1) is 7.20. The van der Waals surface area contributed by atoms with Gasteiger partial charge in [-0.15, -0.1) is 0 Å². The molecule has 1 fully saturated rings. The van der Waals surface area contributed by atoms with Crippen molar-refractivity contribution >= 4 is 8.56 Å². The molecule has 0 radical (unpaired) electrons. The molecule has 0 aliphatic carbocycles. The molecule has 0 atom stereocenters. The van der Waals surface area contributed by atoms with Crippen LogP contribution in [0.1, 0.15) is 6.42 Å². The van der Waals surface area contributed by atoms with Gasteiger partial charge in [0.05, 0.1) is 19.8 Å². The maximum Gasteiger partial charge on any atom is 0.334 e. The van der Waals surface area contributed by atoms with E-state index in [1.54, 1.807) is 14.2 Å². The van der Waals surface area contributed by atoms with Crippen LogP contribution in [0.5, 0.6) is 0 Å². The molecule has 0 amide bonds. The Balaban J connectivity index is 1.95. The summed E-state index contributed by atoms with van der Waals surface area (Å²) in [5, 5.41) is 0. The summed E-state index contributed by atoms with van der Waals surface area (Å²) in [6, 6.07) is 0.987. The summed E-state index contributed by atoms with van der Waals surface area (Å²) in [4.78, 5) is 0. The van der Waals surface area contributed by atoms with Gasteiger partial charge in [0.2, 0.25) is 0 Å². The molecule has 1 heterocycles. The Morgan fingerprint density at radius 3 is 2.40 bits per heavy atom. The Morgan fingerprint density at radius 1 is 1.27 bits per heavy atom. The van der Waals surface area contributed by atoms with Gasteiger partial charge in [-0.1, -0.05) is 0 Å². The van der Waals surface area contributed by atoms with Gasteiger partial charge < -0.3 is 18.3 Å². The molecule has 5 heteroatoms. The van der Waals surface area contributed by atoms with E-state index in [0.29, 0.717) is 5.92 Å². The van der Waals surface area contributed by atoms with E-state index in [9.17, 15) is 0 Å². The molecule has 0 spiro atoms. The summed E-state index contributed by atoms with van der Waals surface area (Å²) < 4.78 is 21.4. The first-order valence-corrected chi connectivity index (χ1v) is 7.98. The van der Waals surface area contributed by atoms with Crippen LogP contribution in [0.15, 0.2) is 0 Å². The minimum absolute atomic E-state index is 0.624. The molecule has 0 aromatic heterocycles. The van der Waals surface area contributed by atoms with Crippen LogP contribution >= 0.6 is 0 Å². The second-order valence-corrected chi connectivity index (χ2v) is 7.71. The van der Waals surface area contributed by atoms with Gasteiger partial charge in [-0.3, -0.25) is 0 Å². The number of hydrogen-bond donors (Lipinski definition) is 0. The average molecular weight is 234 g/mol. The largest absolute Gasteiger partial charge is 0.398 e. The second kappa shape index (κ2) is 6.60. The van der Waals surface area contributed by atoms with Crippen molar-refractivity contribution in [3.05, 3.63) is 0 Å². The number of ether oxygens (including phenoxy) is 2. The zero-order valence-electron chi connectivity index (χ0n) is 9.95. The third-order valence-electron chi connectivity index (χ3n) is 2.84. The van der Waals surface area contributed by atoms with Gasteiger partial charge >= 0.3 is 8.56 Å². The zero-order valence-corrected chi connectivity index (χ0v) is 11.0. The van der Waals surface area contributed by atoms with Gasteiger partial charge in [-0.25, -0.2) is 0 Å². The lowest BCUT2D eigenvalue weighted by molar-refractivity contribution is -0.0715. The monoisotopic (exact) mass is 234 g/mol. The molecule has 0 aromatic rings. The second-order valence-electron chi connectivity index (χ2n) is 4.12. The van der Waals surface area contributed by atoms with Crippen molar-refractivity contribution in [3.63, 3.8) is 0 Å². The van der Waals surface area contributed by atoms with Gasteiger partial charge in [0, 0.05) is 26.7 Å². The quantitative estimate of drug-likeness (QED) is 0.470. The third-order valence-corrected chi connectivity index (χ3v) is 5.83. The van der Waals surface area contributed by atoms with Crippen LogP contribution in [-0.2, 0) is 18.3 Å². The van der Waals surface area contributed by atoms with E-state index < -0.39 is 8.56 Å². The summed E-state index contributed by atoms with van der Waals surface area (Å²) in [7, 11) is 1.58. The SMILES string of the molecule is CO[Si](C)(CCCOCC1COC1)OC. The van der Waals surface area contributed by atoms with Crippen molar-refractivity contribution in [2.75, 3.05) is 40.6 Å². The van der Waals surface area contributed by atoms with Crippen molar-refractivity contribution in [1.29, 1.82) is 0 Å². The van der Waals surface area contributed by atoms with E-state index in [2.05, 4.69) is 6.55 Å². The molecular weight excluding hydrogens is 212 g/mol. The van der Waals surface area contributed by atoms with Crippen LogP contribution in [0.25, 0.3) is 0 Å². The molecule has 1 saturated heterocycles. The van der Waals surface area contributed by atoms with E-state index in [0.717, 1.165) is 38.9 Å². The molecule has 1 aliphatic heterocycles. The van der Waals surface area contributed by atoms with Crippen molar-refractivity contribution in [2.24, 2.45) is 5.92 Å². The highest BCUT2D eigenvalue weighted by molar-refractivity contribution is 6.65. The van der Waals surface area contributed by atoms with E-state index in [1.165, 1.54) is 0 Å². The van der Waals surface area contributed by atoms with Gasteiger partial charge in [0.15, 0.2) is 0 Å². The maximum absolute atomic E-state index is 5.55. The summed E-state index contributed by atoms with van der Waals surface area (Å²) in [5.41, 5.74) is 0. The van der Waals surface area contributed by atoms with Crippen molar-refractivity contribution in [1.82, 2.24) is 0 Å². The van der Waals surface area contributed by atoms with Gasteiger partial charge in [0.25, 0.3) is 0 Å². The lowest BCUT2D eigenvalue weighted by Crippen LogP contribution is -2.36. The van der Waals surface area contributed by atoms with E-state index in [-0.39, 0.29) is 0 Å². The smallest absolute Gasteiger partial charge is 0.334 e. The predicted molar refractivity (Wildman–Crippen MR) is 60.2 cm³/mol. The van der Waals surface area contributed by atoms with E-state index >= 15 is 0 Å². The van der Waals surface area contributed by atoms with Crippen molar-refractivity contribution < 1.29 is 18.3 Å². The van der Waals surface area contributed by atoms with Gasteiger partial charge in [-0.2, -0.15) is 0 Å². The molecule has 0 unspecified atom stereocenters. The molecule has 4 nitrogen and oxygen atoms in total. The maximum atomic E-state index is 5.55. The first-order valence-electron chi connectivity index (χ1n) is 5.46. The Bertz CT molecular complexity index is 169. The minimum atomic E-state index is -1.87. The minimum Gasteiger partial charge on any atom is -0.398 e. The van der Waals surface area contributed by atoms with Crippen LogP contribution in [0.3, 0.4) is 0 Å². The molecule has 1 rings (SSSR count). The van der Waals surface area contributed by atoms with Gasteiger partial charge in [-0.05, 0) is 19.0 Å². The summed E-state index contributed by atoms with van der Waals surface area (Å²) in [5.74, 6) is 0.624. The summed E-state index contributed by atoms with van der Waals surface area (Å²) in [6.07, 6.45) is 1.01. The normalized spacial score (nSPS) is 17.8. The molecule has 0 saturated carbocycles. The molecule has 0 bridgehead atoms. The van der Waals surface area contributed by atoms with Gasteiger partial charge in [0.1, 0.15) is 0 Å². The zero-order chi connectivity index (χ0) is 11.1. The van der Waals surface area contributed by atoms with Crippen LogP contribution in [0, 0.1) is 5.92 Å². The fourth-order valence-corrected chi connectivity index (χ4v) is 2.78. The van der Waals surface area contributed by atoms with Crippen LogP contribution < -0.4 is 0 Å². The lowest BCUT2D eigenvalue weighted by atomic mass is 10.1. The van der Waals surface area contributed by atoms with E-state index in [4.69, 9.17) is 18.3 Å². The third kappa shape index (κ3) is 4.61. The Labute approximate surface area is 93.1 Å². The standard InChI is InChI=1S/C10H22O4Si/c1-11-15(3,12-2)6-4-5-13-7-10-8-14-9-10/h10H,4-9H2,1-3H3. The molecule has 0 N–H and O–H groups in total. The fraction of sp³-hybridized carbons (Fsp3) is 1.00. The van der Waals surface area contributed by atoms with Crippen LogP contribution in [-0.4, -0.2) is 49.2 Å². The van der Waals surface area contributed by atoms with Crippen LogP contribution in [0.2, 0.25) is 12.6 Å². The first kappa shape index (κ1) is 13.1. The molecular formula is C10H22O4Si. The predicted octanol–water partition coefficient (Wildman–Crippen LogP) is 1.40. The molecule has 0 aromatic carbocycles. The number of rotatable bonds is 8. The van der Waals surface area contributed by atoms with Crippen LogP contribution in [0.4, 0.5) is 0 Å². The molecule has 1 aliphatic rings. The van der Waals surface area contributed by atoms with Crippen molar-refractivity contribution in [3.8, 4) is 0 Å². The Hall–Kier alpha value is 0.0569. The number of hydrogen-bond acceptors (Lipinski definition) is 4. The summed E-state index contributed by atoms with van der Waals surface area (Å²) in [6.45, 7) is 5.43. The fourth-order valence-electron chi connectivity index (χ4n) is 1.41. The molecule has 15 heavy (non-hydrogen) atoms. The van der Waals surface area contributed by atoms with E-state index in [1.807, 2.05) is 0 Å². The highest BCUT2D eigenvalue weighted by Gasteiger charge is 2.27. The van der Waals surface area contributed by atoms with Crippen molar-refractivity contribution in [2.45, 2.75) is 19.0 Å². The molecule has 90 valence electrons. The average Bonchev–Trinajstić information content (AvgIpc) is 2.20. The Morgan fingerprint density at radius 2 is 1.93 bits per heavy atom.